The second kappa shape index (κ2) is 4.95. The van der Waals surface area contributed by atoms with Crippen molar-refractivity contribution < 1.29 is 0 Å². The van der Waals surface area contributed by atoms with Crippen LogP contribution in [-0.2, 0) is 6.42 Å². The highest BCUT2D eigenvalue weighted by atomic mass is 32.1. The predicted octanol–water partition coefficient (Wildman–Crippen LogP) is 3.06. The standard InChI is InChI=1S/C15H24N2S/c1-12-13-5-9-18-14(13)4-8-17(12)11-15(2)6-3-7-16-10-15/h5,9,12,16H,3-4,6-8,10-11H2,1-2H3. The minimum atomic E-state index is 0.472. The Morgan fingerprint density at radius 1 is 1.56 bits per heavy atom. The Balaban J connectivity index is 1.71. The number of rotatable bonds is 2. The van der Waals surface area contributed by atoms with Crippen LogP contribution < -0.4 is 5.32 Å². The number of fused-ring (bicyclic) bond motifs is 1. The van der Waals surface area contributed by atoms with Gasteiger partial charge in [-0.15, -0.1) is 11.3 Å². The summed E-state index contributed by atoms with van der Waals surface area (Å²) in [5.41, 5.74) is 2.05. The van der Waals surface area contributed by atoms with Gasteiger partial charge in [-0.05, 0) is 55.2 Å². The van der Waals surface area contributed by atoms with E-state index in [2.05, 4.69) is 35.5 Å². The summed E-state index contributed by atoms with van der Waals surface area (Å²) in [4.78, 5) is 4.31. The van der Waals surface area contributed by atoms with E-state index < -0.39 is 0 Å². The van der Waals surface area contributed by atoms with Crippen molar-refractivity contribution in [1.29, 1.82) is 0 Å². The molecule has 0 aliphatic carbocycles. The third-order valence-corrected chi connectivity index (χ3v) is 5.67. The molecular weight excluding hydrogens is 240 g/mol. The van der Waals surface area contributed by atoms with Crippen molar-refractivity contribution in [3.8, 4) is 0 Å². The van der Waals surface area contributed by atoms with Crippen LogP contribution in [0.5, 0.6) is 0 Å². The molecule has 3 rings (SSSR count). The first-order valence-electron chi connectivity index (χ1n) is 7.19. The maximum absolute atomic E-state index is 3.57. The zero-order chi connectivity index (χ0) is 12.6. The van der Waals surface area contributed by atoms with Gasteiger partial charge in [-0.3, -0.25) is 4.90 Å². The molecule has 1 N–H and O–H groups in total. The number of nitrogens with zero attached hydrogens (tertiary/aromatic N) is 1. The Hall–Kier alpha value is -0.380. The fraction of sp³-hybridized carbons (Fsp3) is 0.733. The van der Waals surface area contributed by atoms with Gasteiger partial charge in [-0.1, -0.05) is 6.92 Å². The molecular formula is C15H24N2S. The van der Waals surface area contributed by atoms with Crippen LogP contribution >= 0.6 is 11.3 Å². The predicted molar refractivity (Wildman–Crippen MR) is 78.2 cm³/mol. The Morgan fingerprint density at radius 3 is 3.22 bits per heavy atom. The summed E-state index contributed by atoms with van der Waals surface area (Å²) in [6, 6.07) is 2.94. The van der Waals surface area contributed by atoms with Crippen LogP contribution in [0.4, 0.5) is 0 Å². The summed E-state index contributed by atoms with van der Waals surface area (Å²) < 4.78 is 0. The molecule has 0 aromatic carbocycles. The monoisotopic (exact) mass is 264 g/mol. The molecule has 0 radical (unpaired) electrons. The maximum Gasteiger partial charge on any atom is 0.0331 e. The smallest absolute Gasteiger partial charge is 0.0331 e. The summed E-state index contributed by atoms with van der Waals surface area (Å²) in [5, 5.41) is 5.83. The lowest BCUT2D eigenvalue weighted by Gasteiger charge is -2.42. The lowest BCUT2D eigenvalue weighted by molar-refractivity contribution is 0.0984. The van der Waals surface area contributed by atoms with Crippen molar-refractivity contribution in [2.75, 3.05) is 26.2 Å². The minimum Gasteiger partial charge on any atom is -0.316 e. The van der Waals surface area contributed by atoms with Crippen molar-refractivity contribution in [3.63, 3.8) is 0 Å². The molecule has 1 aromatic rings. The topological polar surface area (TPSA) is 15.3 Å². The molecule has 0 saturated carbocycles. The molecule has 2 aliphatic rings. The van der Waals surface area contributed by atoms with Crippen LogP contribution in [0, 0.1) is 5.41 Å². The molecule has 1 fully saturated rings. The van der Waals surface area contributed by atoms with Gasteiger partial charge in [0.25, 0.3) is 0 Å². The number of piperidine rings is 1. The summed E-state index contributed by atoms with van der Waals surface area (Å²) in [7, 11) is 0. The van der Waals surface area contributed by atoms with Gasteiger partial charge in [0.05, 0.1) is 0 Å². The van der Waals surface area contributed by atoms with Crippen molar-refractivity contribution in [2.24, 2.45) is 5.41 Å². The SMILES string of the molecule is CC1c2ccsc2CCN1CC1(C)CCCNC1. The van der Waals surface area contributed by atoms with E-state index in [1.807, 2.05) is 11.3 Å². The fourth-order valence-electron chi connectivity index (χ4n) is 3.52. The van der Waals surface area contributed by atoms with Gasteiger partial charge in [0, 0.05) is 30.6 Å². The second-order valence-electron chi connectivity index (χ2n) is 6.29. The highest BCUT2D eigenvalue weighted by Crippen LogP contribution is 2.36. The first kappa shape index (κ1) is 12.6. The Labute approximate surface area is 114 Å². The molecule has 100 valence electrons. The van der Waals surface area contributed by atoms with Crippen molar-refractivity contribution in [2.45, 2.75) is 39.2 Å². The average Bonchev–Trinajstić information content (AvgIpc) is 2.83. The van der Waals surface area contributed by atoms with Crippen LogP contribution in [0.25, 0.3) is 0 Å². The van der Waals surface area contributed by atoms with E-state index >= 15 is 0 Å². The molecule has 2 atom stereocenters. The highest BCUT2D eigenvalue weighted by molar-refractivity contribution is 7.10. The van der Waals surface area contributed by atoms with E-state index in [0.717, 1.165) is 0 Å². The minimum absolute atomic E-state index is 0.472. The fourth-order valence-corrected chi connectivity index (χ4v) is 4.48. The summed E-state index contributed by atoms with van der Waals surface area (Å²) >= 11 is 1.94. The van der Waals surface area contributed by atoms with E-state index in [-0.39, 0.29) is 0 Å². The van der Waals surface area contributed by atoms with Gasteiger partial charge < -0.3 is 5.32 Å². The van der Waals surface area contributed by atoms with E-state index in [9.17, 15) is 0 Å². The quantitative estimate of drug-likeness (QED) is 0.883. The summed E-state index contributed by atoms with van der Waals surface area (Å²) in [6.07, 6.45) is 3.96. The molecule has 2 nitrogen and oxygen atoms in total. The molecule has 2 unspecified atom stereocenters. The lowest BCUT2D eigenvalue weighted by atomic mass is 9.81. The van der Waals surface area contributed by atoms with Gasteiger partial charge in [0.15, 0.2) is 0 Å². The molecule has 1 saturated heterocycles. The van der Waals surface area contributed by atoms with Crippen LogP contribution in [0.2, 0.25) is 0 Å². The van der Waals surface area contributed by atoms with Crippen molar-refractivity contribution >= 4 is 11.3 Å². The lowest BCUT2D eigenvalue weighted by Crippen LogP contribution is -2.47. The molecule has 18 heavy (non-hydrogen) atoms. The average molecular weight is 264 g/mol. The van der Waals surface area contributed by atoms with Crippen LogP contribution in [-0.4, -0.2) is 31.1 Å². The molecule has 3 heteroatoms. The molecule has 3 heterocycles. The second-order valence-corrected chi connectivity index (χ2v) is 7.29. The molecule has 0 bridgehead atoms. The normalized spacial score (nSPS) is 33.3. The highest BCUT2D eigenvalue weighted by Gasteiger charge is 2.33. The van der Waals surface area contributed by atoms with E-state index in [4.69, 9.17) is 0 Å². The number of nitrogens with one attached hydrogen (secondary N) is 1. The number of hydrogen-bond acceptors (Lipinski definition) is 3. The van der Waals surface area contributed by atoms with Crippen LogP contribution in [0.1, 0.15) is 43.2 Å². The van der Waals surface area contributed by atoms with Crippen LogP contribution in [0.3, 0.4) is 0 Å². The Kier molecular flexibility index (Phi) is 3.48. The van der Waals surface area contributed by atoms with E-state index in [1.54, 1.807) is 10.4 Å². The van der Waals surface area contributed by atoms with Gasteiger partial charge in [0.2, 0.25) is 0 Å². The Morgan fingerprint density at radius 2 is 2.44 bits per heavy atom. The maximum atomic E-state index is 3.57. The van der Waals surface area contributed by atoms with Gasteiger partial charge in [0.1, 0.15) is 0 Å². The molecule has 1 aromatic heterocycles. The first-order chi connectivity index (χ1) is 8.68. The summed E-state index contributed by atoms with van der Waals surface area (Å²) in [6.45, 7) is 9.71. The van der Waals surface area contributed by atoms with Gasteiger partial charge in [-0.2, -0.15) is 0 Å². The third-order valence-electron chi connectivity index (χ3n) is 4.67. The number of thiophene rings is 1. The number of hydrogen-bond donors (Lipinski definition) is 1. The van der Waals surface area contributed by atoms with Gasteiger partial charge in [-0.25, -0.2) is 0 Å². The van der Waals surface area contributed by atoms with Gasteiger partial charge >= 0.3 is 0 Å². The summed E-state index contributed by atoms with van der Waals surface area (Å²) in [5.74, 6) is 0. The van der Waals surface area contributed by atoms with Crippen molar-refractivity contribution in [3.05, 3.63) is 21.9 Å². The van der Waals surface area contributed by atoms with E-state index in [1.165, 1.54) is 45.4 Å². The van der Waals surface area contributed by atoms with Crippen LogP contribution in [0.15, 0.2) is 11.4 Å². The third kappa shape index (κ3) is 2.36. The molecule has 0 amide bonds. The zero-order valence-electron chi connectivity index (χ0n) is 11.5. The first-order valence-corrected chi connectivity index (χ1v) is 8.07. The largest absolute Gasteiger partial charge is 0.316 e. The molecule has 2 aliphatic heterocycles. The van der Waals surface area contributed by atoms with Crippen molar-refractivity contribution in [1.82, 2.24) is 10.2 Å². The molecule has 0 spiro atoms. The Bertz CT molecular complexity index is 406. The zero-order valence-corrected chi connectivity index (χ0v) is 12.4. The van der Waals surface area contributed by atoms with E-state index in [0.29, 0.717) is 11.5 Å².